The Morgan fingerprint density at radius 1 is 1.31 bits per heavy atom. The maximum absolute atomic E-state index is 12.3. The third kappa shape index (κ3) is 2.10. The van der Waals surface area contributed by atoms with Crippen LogP contribution in [0.4, 0.5) is 0 Å². The van der Waals surface area contributed by atoms with E-state index >= 15 is 0 Å². The van der Waals surface area contributed by atoms with Crippen molar-refractivity contribution >= 4 is 5.78 Å². The van der Waals surface area contributed by atoms with Gasteiger partial charge < -0.3 is 0 Å². The fraction of sp³-hybridized carbons (Fsp3) is 0.467. The Hall–Kier alpha value is -1.33. The van der Waals surface area contributed by atoms with Crippen molar-refractivity contribution in [1.29, 1.82) is 0 Å². The highest BCUT2D eigenvalue weighted by molar-refractivity contribution is 6.04. The van der Waals surface area contributed by atoms with Crippen molar-refractivity contribution in [2.24, 2.45) is 5.41 Å². The fourth-order valence-corrected chi connectivity index (χ4v) is 1.80. The van der Waals surface area contributed by atoms with E-state index in [4.69, 9.17) is 0 Å². The van der Waals surface area contributed by atoms with E-state index in [0.29, 0.717) is 0 Å². The van der Waals surface area contributed by atoms with Gasteiger partial charge in [-0.2, -0.15) is 0 Å². The molecular formula is C15H20O. The molecule has 0 fully saturated rings. The molecule has 1 rings (SSSR count). The smallest absolute Gasteiger partial charge is 0.173 e. The Morgan fingerprint density at radius 2 is 1.88 bits per heavy atom. The van der Waals surface area contributed by atoms with Gasteiger partial charge in [-0.05, 0) is 64.3 Å². The van der Waals surface area contributed by atoms with Gasteiger partial charge in [0.05, 0.1) is 5.41 Å². The molecule has 86 valence electrons. The van der Waals surface area contributed by atoms with Crippen LogP contribution in [-0.4, -0.2) is 5.78 Å². The minimum Gasteiger partial charge on any atom is -0.293 e. The van der Waals surface area contributed by atoms with Crippen LogP contribution in [-0.2, 0) is 4.79 Å². The Labute approximate surface area is 98.2 Å². The molecule has 0 N–H and O–H groups in total. The molecule has 1 nitrogen and oxygen atoms in total. The van der Waals surface area contributed by atoms with Crippen molar-refractivity contribution in [2.45, 2.75) is 41.5 Å². The largest absolute Gasteiger partial charge is 0.293 e. The highest BCUT2D eigenvalue weighted by atomic mass is 16.1. The summed E-state index contributed by atoms with van der Waals surface area (Å²) in [6.45, 7) is 11.8. The average molecular weight is 216 g/mol. The van der Waals surface area contributed by atoms with E-state index in [2.05, 4.69) is 11.8 Å². The maximum atomic E-state index is 12.3. The van der Waals surface area contributed by atoms with E-state index < -0.39 is 5.41 Å². The summed E-state index contributed by atoms with van der Waals surface area (Å²) in [5.74, 6) is 0.193. The van der Waals surface area contributed by atoms with Gasteiger partial charge in [-0.15, -0.1) is 5.73 Å². The molecule has 0 aromatic carbocycles. The molecule has 0 radical (unpaired) electrons. The summed E-state index contributed by atoms with van der Waals surface area (Å²) in [6.07, 6.45) is 3.99. The van der Waals surface area contributed by atoms with E-state index in [1.165, 1.54) is 0 Å². The molecule has 1 aliphatic carbocycles. The molecule has 0 unspecified atom stereocenters. The lowest BCUT2D eigenvalue weighted by atomic mass is 9.72. The number of hydrogen-bond donors (Lipinski definition) is 0. The van der Waals surface area contributed by atoms with Crippen LogP contribution in [0.25, 0.3) is 0 Å². The molecule has 16 heavy (non-hydrogen) atoms. The van der Waals surface area contributed by atoms with Crippen molar-refractivity contribution in [3.05, 3.63) is 40.2 Å². The number of rotatable bonds is 1. The van der Waals surface area contributed by atoms with Gasteiger partial charge in [-0.3, -0.25) is 4.79 Å². The minimum atomic E-state index is -0.513. The van der Waals surface area contributed by atoms with Crippen LogP contribution in [0.3, 0.4) is 0 Å². The quantitative estimate of drug-likeness (QED) is 0.606. The number of carbonyl (C=O) groups is 1. The van der Waals surface area contributed by atoms with Crippen molar-refractivity contribution in [3.8, 4) is 0 Å². The zero-order valence-corrected chi connectivity index (χ0v) is 11.1. The molecule has 0 bridgehead atoms. The Balaban J connectivity index is 3.34. The van der Waals surface area contributed by atoms with Crippen LogP contribution in [0.15, 0.2) is 40.2 Å². The van der Waals surface area contributed by atoms with Crippen LogP contribution in [0.5, 0.6) is 0 Å². The number of Topliss-reactive ketones (excluding diaryl/α,β-unsaturated/α-hetero) is 1. The number of ketones is 1. The predicted molar refractivity (Wildman–Crippen MR) is 68.2 cm³/mol. The second kappa shape index (κ2) is 4.27. The Morgan fingerprint density at radius 3 is 2.38 bits per heavy atom. The summed E-state index contributed by atoms with van der Waals surface area (Å²) >= 11 is 0. The second-order valence-corrected chi connectivity index (χ2v) is 4.96. The third-order valence-electron chi connectivity index (χ3n) is 3.31. The Kier molecular flexibility index (Phi) is 3.40. The summed E-state index contributed by atoms with van der Waals surface area (Å²) in [5.41, 5.74) is 6.76. The van der Waals surface area contributed by atoms with Crippen LogP contribution in [0, 0.1) is 5.41 Å². The number of allylic oxidation sites excluding steroid dienone is 5. The zero-order valence-electron chi connectivity index (χ0n) is 11.1. The summed E-state index contributed by atoms with van der Waals surface area (Å²) in [4.78, 5) is 12.3. The highest BCUT2D eigenvalue weighted by Gasteiger charge is 2.36. The van der Waals surface area contributed by atoms with Crippen LogP contribution < -0.4 is 0 Å². The SMILES string of the molecule is CC(C)=C=C[C@]1(C)C(=O)C(C)=C(C)C=C1C. The van der Waals surface area contributed by atoms with Gasteiger partial charge in [-0.1, -0.05) is 11.6 Å². The standard InChI is InChI=1S/C15H20O/c1-10(2)7-8-15(6)12(4)9-11(3)13(5)14(15)16/h8-9H,1-6H3/t15-/m0/s1. The summed E-state index contributed by atoms with van der Waals surface area (Å²) in [7, 11) is 0. The fourth-order valence-electron chi connectivity index (χ4n) is 1.80. The molecule has 0 saturated carbocycles. The number of hydrogen-bond acceptors (Lipinski definition) is 1. The van der Waals surface area contributed by atoms with Crippen LogP contribution in [0.1, 0.15) is 41.5 Å². The van der Waals surface area contributed by atoms with Gasteiger partial charge in [0.15, 0.2) is 5.78 Å². The summed E-state index contributed by atoms with van der Waals surface area (Å²) in [6, 6.07) is 0. The first kappa shape index (κ1) is 12.7. The lowest BCUT2D eigenvalue weighted by molar-refractivity contribution is -0.120. The second-order valence-electron chi connectivity index (χ2n) is 4.96. The van der Waals surface area contributed by atoms with Gasteiger partial charge in [-0.25, -0.2) is 0 Å². The van der Waals surface area contributed by atoms with Crippen LogP contribution in [0.2, 0.25) is 0 Å². The van der Waals surface area contributed by atoms with E-state index in [9.17, 15) is 4.79 Å². The molecule has 1 atom stereocenters. The van der Waals surface area contributed by atoms with Gasteiger partial charge in [0.25, 0.3) is 0 Å². The molecule has 0 saturated heterocycles. The van der Waals surface area contributed by atoms with Crippen molar-refractivity contribution in [3.63, 3.8) is 0 Å². The number of carbonyl (C=O) groups excluding carboxylic acids is 1. The first-order valence-corrected chi connectivity index (χ1v) is 5.61. The Bertz CT molecular complexity index is 446. The first-order valence-electron chi connectivity index (χ1n) is 5.61. The maximum Gasteiger partial charge on any atom is 0.173 e. The molecule has 1 aliphatic rings. The van der Waals surface area contributed by atoms with Crippen molar-refractivity contribution < 1.29 is 4.79 Å². The van der Waals surface area contributed by atoms with E-state index in [1.807, 2.05) is 47.6 Å². The molecule has 0 spiro atoms. The lowest BCUT2D eigenvalue weighted by Gasteiger charge is -2.29. The van der Waals surface area contributed by atoms with Crippen molar-refractivity contribution in [2.75, 3.05) is 0 Å². The summed E-state index contributed by atoms with van der Waals surface area (Å²) in [5, 5.41) is 0. The van der Waals surface area contributed by atoms with Gasteiger partial charge in [0, 0.05) is 0 Å². The van der Waals surface area contributed by atoms with Crippen LogP contribution >= 0.6 is 0 Å². The van der Waals surface area contributed by atoms with Gasteiger partial charge in [0.1, 0.15) is 0 Å². The normalized spacial score (nSPS) is 25.1. The highest BCUT2D eigenvalue weighted by Crippen LogP contribution is 2.37. The molecular weight excluding hydrogens is 196 g/mol. The molecule has 0 heterocycles. The molecule has 0 aromatic rings. The molecule has 0 amide bonds. The monoisotopic (exact) mass is 216 g/mol. The minimum absolute atomic E-state index is 0.193. The average Bonchev–Trinajstić information content (AvgIpc) is 2.21. The predicted octanol–water partition coefficient (Wildman–Crippen LogP) is 3.98. The molecule has 0 aromatic heterocycles. The van der Waals surface area contributed by atoms with Gasteiger partial charge >= 0.3 is 0 Å². The van der Waals surface area contributed by atoms with E-state index in [0.717, 1.165) is 22.3 Å². The zero-order chi connectivity index (χ0) is 12.5. The summed E-state index contributed by atoms with van der Waals surface area (Å²) < 4.78 is 0. The molecule has 1 heteroatoms. The van der Waals surface area contributed by atoms with E-state index in [1.54, 1.807) is 0 Å². The van der Waals surface area contributed by atoms with E-state index in [-0.39, 0.29) is 5.78 Å². The third-order valence-corrected chi connectivity index (χ3v) is 3.31. The topological polar surface area (TPSA) is 17.1 Å². The molecule has 0 aliphatic heterocycles. The lowest BCUT2D eigenvalue weighted by Crippen LogP contribution is -2.30. The first-order chi connectivity index (χ1) is 7.29. The van der Waals surface area contributed by atoms with Gasteiger partial charge in [0.2, 0.25) is 0 Å². The van der Waals surface area contributed by atoms with Crippen molar-refractivity contribution in [1.82, 2.24) is 0 Å².